The van der Waals surface area contributed by atoms with Gasteiger partial charge in [-0.2, -0.15) is 10.2 Å². The summed E-state index contributed by atoms with van der Waals surface area (Å²) in [7, 11) is 4.36. The lowest BCUT2D eigenvalue weighted by Gasteiger charge is -2.19. The fourth-order valence-electron chi connectivity index (χ4n) is 4.37. The zero-order chi connectivity index (χ0) is 30.1. The number of carbonyl (C=O) groups excluding carboxylic acids is 1. The van der Waals surface area contributed by atoms with E-state index in [9.17, 15) is 9.59 Å². The number of halogens is 1. The van der Waals surface area contributed by atoms with E-state index in [0.29, 0.717) is 30.0 Å². The third-order valence-corrected chi connectivity index (χ3v) is 6.42. The molecule has 218 valence electrons. The number of methoxy groups -OCH3 is 2. The molecule has 0 fully saturated rings. The number of benzene rings is 2. The molecule has 11 nitrogen and oxygen atoms in total. The molecule has 2 aromatic heterocycles. The van der Waals surface area contributed by atoms with Crippen LogP contribution in [0.4, 0.5) is 10.1 Å². The number of pyridine rings is 1. The van der Waals surface area contributed by atoms with Crippen molar-refractivity contribution < 1.29 is 18.7 Å². The summed E-state index contributed by atoms with van der Waals surface area (Å²) in [6.45, 7) is 4.52. The minimum atomic E-state index is -0.637. The third kappa shape index (κ3) is 6.96. The topological polar surface area (TPSA) is 115 Å². The van der Waals surface area contributed by atoms with Crippen LogP contribution in [0.1, 0.15) is 32.7 Å². The molecular weight excluding hydrogens is 541 g/mol. The molecule has 0 bridgehead atoms. The predicted octanol–water partition coefficient (Wildman–Crippen LogP) is 4.31. The molecule has 0 aliphatic heterocycles. The molecule has 2 aromatic carbocycles. The molecule has 12 heteroatoms. The van der Waals surface area contributed by atoms with Crippen molar-refractivity contribution in [2.45, 2.75) is 26.2 Å². The van der Waals surface area contributed by atoms with Crippen LogP contribution in [0.15, 0.2) is 94.9 Å². The molecular formula is C30H32FN7O4. The van der Waals surface area contributed by atoms with E-state index in [4.69, 9.17) is 9.47 Å². The Hall–Kier alpha value is -5.10. The van der Waals surface area contributed by atoms with E-state index in [0.717, 1.165) is 11.1 Å². The van der Waals surface area contributed by atoms with E-state index < -0.39 is 11.7 Å². The lowest BCUT2D eigenvalue weighted by molar-refractivity contribution is 0.0945. The number of nitrogens with one attached hydrogen (secondary N) is 1. The van der Waals surface area contributed by atoms with Gasteiger partial charge in [-0.1, -0.05) is 42.1 Å². The first-order valence-corrected chi connectivity index (χ1v) is 13.0. The molecule has 0 spiro atoms. The second-order valence-corrected chi connectivity index (χ2v) is 9.18. The van der Waals surface area contributed by atoms with Crippen molar-refractivity contribution in [2.24, 2.45) is 10.3 Å². The molecule has 2 heterocycles. The number of hydrogen-bond donors (Lipinski definition) is 1. The van der Waals surface area contributed by atoms with Gasteiger partial charge in [-0.15, -0.1) is 0 Å². The first-order valence-electron chi connectivity index (χ1n) is 13.0. The Kier molecular flexibility index (Phi) is 9.95. The second-order valence-electron chi connectivity index (χ2n) is 9.18. The molecule has 4 aromatic rings. The molecule has 4 rings (SSSR count). The number of amides is 1. The van der Waals surface area contributed by atoms with Crippen molar-refractivity contribution in [3.8, 4) is 5.75 Å². The predicted molar refractivity (Wildman–Crippen MR) is 156 cm³/mol. The van der Waals surface area contributed by atoms with Crippen molar-refractivity contribution in [3.05, 3.63) is 124 Å². The SMILES string of the molecule is C=CN(/N=N\C)c1ccc(OC)c(F)c1CNC(=O)c1cn(Cc2ccc(Cn3ccccc3=O)cc2)nc1COC. The highest BCUT2D eigenvalue weighted by atomic mass is 19.1. The summed E-state index contributed by atoms with van der Waals surface area (Å²) in [5, 5.41) is 16.3. The van der Waals surface area contributed by atoms with Gasteiger partial charge in [-0.25, -0.2) is 9.40 Å². The number of aromatic nitrogens is 3. The fourth-order valence-corrected chi connectivity index (χ4v) is 4.37. The second kappa shape index (κ2) is 14.0. The molecule has 0 saturated carbocycles. The molecule has 0 saturated heterocycles. The molecule has 0 radical (unpaired) electrons. The van der Waals surface area contributed by atoms with Gasteiger partial charge in [0.05, 0.1) is 45.1 Å². The van der Waals surface area contributed by atoms with Crippen LogP contribution in [0, 0.1) is 5.82 Å². The Morgan fingerprint density at radius 2 is 1.86 bits per heavy atom. The Morgan fingerprint density at radius 3 is 2.50 bits per heavy atom. The monoisotopic (exact) mass is 573 g/mol. The average molecular weight is 574 g/mol. The highest BCUT2D eigenvalue weighted by molar-refractivity contribution is 5.95. The summed E-state index contributed by atoms with van der Waals surface area (Å²) in [6.07, 6.45) is 4.76. The maximum atomic E-state index is 15.3. The normalized spacial score (nSPS) is 11.0. The van der Waals surface area contributed by atoms with Gasteiger partial charge < -0.3 is 19.4 Å². The summed E-state index contributed by atoms with van der Waals surface area (Å²) in [5.41, 5.74) is 3.10. The molecule has 0 aliphatic rings. The summed E-state index contributed by atoms with van der Waals surface area (Å²) < 4.78 is 29.0. The van der Waals surface area contributed by atoms with Crippen LogP contribution in [-0.4, -0.2) is 41.5 Å². The van der Waals surface area contributed by atoms with Crippen LogP contribution in [0.5, 0.6) is 5.75 Å². The van der Waals surface area contributed by atoms with Crippen molar-refractivity contribution in [2.75, 3.05) is 26.3 Å². The van der Waals surface area contributed by atoms with Gasteiger partial charge in [-0.3, -0.25) is 14.3 Å². The van der Waals surface area contributed by atoms with Crippen LogP contribution < -0.4 is 20.6 Å². The highest BCUT2D eigenvalue weighted by Crippen LogP contribution is 2.30. The Labute approximate surface area is 242 Å². The lowest BCUT2D eigenvalue weighted by Crippen LogP contribution is -2.25. The minimum Gasteiger partial charge on any atom is -0.494 e. The van der Waals surface area contributed by atoms with Crippen molar-refractivity contribution in [1.82, 2.24) is 19.7 Å². The Morgan fingerprint density at radius 1 is 1.12 bits per heavy atom. The number of carbonyl (C=O) groups is 1. The quantitative estimate of drug-likeness (QED) is 0.188. The minimum absolute atomic E-state index is 0.0233. The number of nitrogens with zero attached hydrogens (tertiary/aromatic N) is 6. The van der Waals surface area contributed by atoms with Crippen molar-refractivity contribution >= 4 is 11.6 Å². The van der Waals surface area contributed by atoms with Crippen LogP contribution in [0.3, 0.4) is 0 Å². The van der Waals surface area contributed by atoms with Gasteiger partial charge in [0.25, 0.3) is 11.5 Å². The molecule has 1 N–H and O–H groups in total. The van der Waals surface area contributed by atoms with Crippen molar-refractivity contribution in [3.63, 3.8) is 0 Å². The summed E-state index contributed by atoms with van der Waals surface area (Å²) in [6, 6.07) is 15.9. The van der Waals surface area contributed by atoms with Crippen LogP contribution in [0.2, 0.25) is 0 Å². The molecule has 42 heavy (non-hydrogen) atoms. The molecule has 0 unspecified atom stereocenters. The van der Waals surface area contributed by atoms with Gasteiger partial charge in [0.2, 0.25) is 0 Å². The largest absolute Gasteiger partial charge is 0.494 e. The first kappa shape index (κ1) is 29.9. The van der Waals surface area contributed by atoms with Gasteiger partial charge in [0.15, 0.2) is 11.6 Å². The molecule has 0 atom stereocenters. The van der Waals surface area contributed by atoms with Crippen molar-refractivity contribution in [1.29, 1.82) is 0 Å². The van der Waals surface area contributed by atoms with E-state index >= 15 is 4.39 Å². The zero-order valence-corrected chi connectivity index (χ0v) is 23.7. The fraction of sp³-hybridized carbons (Fsp3) is 0.233. The van der Waals surface area contributed by atoms with Gasteiger partial charge in [0, 0.05) is 43.9 Å². The summed E-state index contributed by atoms with van der Waals surface area (Å²) in [4.78, 5) is 25.3. The van der Waals surface area contributed by atoms with E-state index in [2.05, 4.69) is 27.3 Å². The van der Waals surface area contributed by atoms with Gasteiger partial charge >= 0.3 is 0 Å². The third-order valence-electron chi connectivity index (χ3n) is 6.42. The number of ether oxygens (including phenoxy) is 2. The molecule has 1 amide bonds. The summed E-state index contributed by atoms with van der Waals surface area (Å²) >= 11 is 0. The average Bonchev–Trinajstić information content (AvgIpc) is 3.39. The van der Waals surface area contributed by atoms with E-state index in [1.54, 1.807) is 33.8 Å². The van der Waals surface area contributed by atoms with E-state index in [1.165, 1.54) is 44.6 Å². The maximum absolute atomic E-state index is 15.3. The van der Waals surface area contributed by atoms with Gasteiger partial charge in [-0.05, 0) is 29.3 Å². The highest BCUT2D eigenvalue weighted by Gasteiger charge is 2.21. The Bertz CT molecular complexity index is 1630. The van der Waals surface area contributed by atoms with Crippen LogP contribution in [-0.2, 0) is 31.0 Å². The smallest absolute Gasteiger partial charge is 0.255 e. The summed E-state index contributed by atoms with van der Waals surface area (Å²) in [5.74, 6) is -1.07. The maximum Gasteiger partial charge on any atom is 0.255 e. The first-order chi connectivity index (χ1) is 20.4. The zero-order valence-electron chi connectivity index (χ0n) is 23.7. The lowest BCUT2D eigenvalue weighted by atomic mass is 10.1. The molecule has 0 aliphatic carbocycles. The van der Waals surface area contributed by atoms with E-state index in [-0.39, 0.29) is 30.0 Å². The number of anilines is 1. The Balaban J connectivity index is 1.51. The standard InChI is InChI=1S/C30H32FN7O4/c1-5-38(35-32-2)26-13-14-27(42-4)29(31)23(26)16-33-30(40)24-19-37(34-25(24)20-41-3)18-22-11-9-21(10-12-22)17-36-15-7-6-8-28(36)39/h5-15,19H,1,16-18,20H2,2-4H3,(H,33,40)/b35-32-. The van der Waals surface area contributed by atoms with Crippen LogP contribution >= 0.6 is 0 Å². The van der Waals surface area contributed by atoms with Crippen LogP contribution in [0.25, 0.3) is 0 Å². The van der Waals surface area contributed by atoms with E-state index in [1.807, 2.05) is 30.3 Å². The van der Waals surface area contributed by atoms with Gasteiger partial charge in [0.1, 0.15) is 5.69 Å². The number of hydrogen-bond acceptors (Lipinski definition) is 7. The number of rotatable bonds is 13.